The molecule has 0 aliphatic carbocycles. The van der Waals surface area contributed by atoms with Gasteiger partial charge in [0.25, 0.3) is 5.91 Å². The molecule has 41 heavy (non-hydrogen) atoms. The first-order valence-electron chi connectivity index (χ1n) is 13.2. The third-order valence-corrected chi connectivity index (χ3v) is 8.14. The van der Waals surface area contributed by atoms with Crippen LogP contribution in [-0.4, -0.2) is 101 Å². The number of nitrogen functional groups attached to an aromatic ring is 1. The van der Waals surface area contributed by atoms with Crippen LogP contribution in [0, 0.1) is 6.92 Å². The number of halogens is 4. The zero-order valence-corrected chi connectivity index (χ0v) is 23.7. The van der Waals surface area contributed by atoms with Crippen molar-refractivity contribution >= 4 is 35.1 Å². The number of carbonyl (C=O) groups excluding carboxylic acids is 2. The van der Waals surface area contributed by atoms with Crippen molar-refractivity contribution in [2.45, 2.75) is 32.1 Å². The average molecular weight is 594 g/mol. The lowest BCUT2D eigenvalue weighted by Gasteiger charge is -2.41. The zero-order chi connectivity index (χ0) is 29.8. The zero-order valence-electron chi connectivity index (χ0n) is 23.0. The minimum atomic E-state index is -4.78. The number of likely N-dealkylation sites (N-methyl/N-ethyl adjacent to an activating group) is 1. The van der Waals surface area contributed by atoms with Gasteiger partial charge in [-0.05, 0) is 38.6 Å². The molecule has 3 aliphatic rings. The van der Waals surface area contributed by atoms with Gasteiger partial charge in [-0.3, -0.25) is 9.59 Å². The number of alkyl halides is 3. The Labute approximate surface area is 240 Å². The highest BCUT2D eigenvalue weighted by molar-refractivity contribution is 6.35. The maximum atomic E-state index is 14.3. The van der Waals surface area contributed by atoms with E-state index < -0.39 is 29.4 Å². The van der Waals surface area contributed by atoms with Gasteiger partial charge in [-0.1, -0.05) is 18.2 Å². The van der Waals surface area contributed by atoms with Gasteiger partial charge in [0.15, 0.2) is 5.75 Å². The number of anilines is 2. The normalized spacial score (nSPS) is 21.6. The maximum absolute atomic E-state index is 14.3. The number of aryl methyl sites for hydroxylation is 1. The number of pyridine rings is 2. The Balaban J connectivity index is 1.72. The first kappa shape index (κ1) is 28.9. The van der Waals surface area contributed by atoms with E-state index in [9.17, 15) is 22.8 Å². The third-order valence-electron chi connectivity index (χ3n) is 7.79. The second-order valence-corrected chi connectivity index (χ2v) is 11.0. The molecule has 5 rings (SSSR count). The monoisotopic (exact) mass is 593 g/mol. The molecule has 10 nitrogen and oxygen atoms in total. The van der Waals surface area contributed by atoms with Gasteiger partial charge in [-0.15, -0.1) is 0 Å². The summed E-state index contributed by atoms with van der Waals surface area (Å²) in [5.74, 6) is -0.702. The molecule has 0 bridgehead atoms. The standard InChI is InChI=1S/C27H31ClF3N7O3/c1-5-18(39)36-7-9-38-16(12-36)13-41-24-19(26(38)40)25(37-8-6-35(4)11-15(37)3)34-23(21(24)28)22-20(27(29,30)31)14(2)10-17(32)33-22/h5,10,15-16H,1,6-9,11-13H2,2-4H3,(H2,32,33)/t15-,16+/m0/s1. The Morgan fingerprint density at radius 2 is 1.88 bits per heavy atom. The lowest BCUT2D eigenvalue weighted by Crippen LogP contribution is -2.57. The topological polar surface area (TPSA) is 108 Å². The van der Waals surface area contributed by atoms with Crippen LogP contribution in [0.15, 0.2) is 18.7 Å². The predicted molar refractivity (Wildman–Crippen MR) is 148 cm³/mol. The van der Waals surface area contributed by atoms with E-state index in [4.69, 9.17) is 22.1 Å². The van der Waals surface area contributed by atoms with Gasteiger partial charge < -0.3 is 30.1 Å². The minimum absolute atomic E-state index is 0.0317. The maximum Gasteiger partial charge on any atom is 0.418 e. The van der Waals surface area contributed by atoms with Crippen LogP contribution in [0.25, 0.3) is 11.4 Å². The van der Waals surface area contributed by atoms with Crippen molar-refractivity contribution in [3.8, 4) is 17.1 Å². The molecular formula is C27H31ClF3N7O3. The number of hydrogen-bond donors (Lipinski definition) is 1. The van der Waals surface area contributed by atoms with Crippen LogP contribution in [0.2, 0.25) is 5.02 Å². The molecule has 0 unspecified atom stereocenters. The van der Waals surface area contributed by atoms with Gasteiger partial charge in [0.1, 0.15) is 40.2 Å². The number of ether oxygens (including phenoxy) is 1. The highest BCUT2D eigenvalue weighted by atomic mass is 35.5. The summed E-state index contributed by atoms with van der Waals surface area (Å²) in [6, 6.07) is 0.496. The van der Waals surface area contributed by atoms with Gasteiger partial charge in [0.05, 0.1) is 11.6 Å². The van der Waals surface area contributed by atoms with Crippen molar-refractivity contribution in [2.75, 3.05) is 63.6 Å². The van der Waals surface area contributed by atoms with Crippen molar-refractivity contribution in [3.05, 3.63) is 40.4 Å². The number of hydrogen-bond acceptors (Lipinski definition) is 8. The fraction of sp³-hybridized carbons (Fsp3) is 0.481. The Morgan fingerprint density at radius 1 is 1.17 bits per heavy atom. The van der Waals surface area contributed by atoms with Crippen molar-refractivity contribution in [3.63, 3.8) is 0 Å². The van der Waals surface area contributed by atoms with Crippen LogP contribution in [0.5, 0.6) is 5.75 Å². The highest BCUT2D eigenvalue weighted by Crippen LogP contribution is 2.47. The molecule has 3 aliphatic heterocycles. The number of aromatic nitrogens is 2. The van der Waals surface area contributed by atoms with E-state index in [1.165, 1.54) is 13.0 Å². The number of carbonyl (C=O) groups is 2. The first-order chi connectivity index (χ1) is 19.3. The average Bonchev–Trinajstić information content (AvgIpc) is 3.04. The van der Waals surface area contributed by atoms with Crippen LogP contribution >= 0.6 is 11.6 Å². The molecule has 14 heteroatoms. The van der Waals surface area contributed by atoms with Crippen molar-refractivity contribution in [1.82, 2.24) is 24.7 Å². The summed E-state index contributed by atoms with van der Waals surface area (Å²) in [5, 5.41) is -0.263. The molecule has 2 atom stereocenters. The Bertz CT molecular complexity index is 1420. The molecule has 5 heterocycles. The number of nitrogens with two attached hydrogens (primary N) is 1. The van der Waals surface area contributed by atoms with Gasteiger partial charge in [0, 0.05) is 45.3 Å². The first-order valence-corrected chi connectivity index (χ1v) is 13.6. The van der Waals surface area contributed by atoms with Crippen LogP contribution < -0.4 is 15.4 Å². The van der Waals surface area contributed by atoms with Gasteiger partial charge in [0.2, 0.25) is 5.91 Å². The Kier molecular flexibility index (Phi) is 7.53. The van der Waals surface area contributed by atoms with Crippen molar-refractivity contribution in [2.24, 2.45) is 0 Å². The van der Waals surface area contributed by atoms with E-state index in [2.05, 4.69) is 21.4 Å². The summed E-state index contributed by atoms with van der Waals surface area (Å²) in [6.07, 6.45) is -3.57. The Morgan fingerprint density at radius 3 is 2.54 bits per heavy atom. The molecule has 2 saturated heterocycles. The van der Waals surface area contributed by atoms with E-state index in [-0.39, 0.29) is 70.9 Å². The van der Waals surface area contributed by atoms with Gasteiger partial charge in [-0.25, -0.2) is 9.97 Å². The molecule has 220 valence electrons. The molecule has 0 saturated carbocycles. The minimum Gasteiger partial charge on any atom is -0.489 e. The molecule has 2 N–H and O–H groups in total. The van der Waals surface area contributed by atoms with E-state index in [1.807, 2.05) is 18.9 Å². The van der Waals surface area contributed by atoms with Crippen molar-refractivity contribution in [1.29, 1.82) is 0 Å². The largest absolute Gasteiger partial charge is 0.489 e. The fourth-order valence-corrected chi connectivity index (χ4v) is 6.10. The van der Waals surface area contributed by atoms with Crippen LogP contribution in [0.3, 0.4) is 0 Å². The number of fused-ring (bicyclic) bond motifs is 2. The summed E-state index contributed by atoms with van der Waals surface area (Å²) in [4.78, 5) is 42.3. The third kappa shape index (κ3) is 5.16. The lowest BCUT2D eigenvalue weighted by molar-refractivity contribution is -0.137. The lowest BCUT2D eigenvalue weighted by atomic mass is 10.0. The number of rotatable bonds is 3. The van der Waals surface area contributed by atoms with E-state index >= 15 is 0 Å². The van der Waals surface area contributed by atoms with Crippen LogP contribution in [0.1, 0.15) is 28.4 Å². The molecule has 0 spiro atoms. The SMILES string of the molecule is C=CC(=O)N1CCN2C(=O)c3c(N4CCN(C)C[C@@H]4C)nc(-c4nc(N)cc(C)c4C(F)(F)F)c(Cl)c3OC[C@H]2C1. The summed E-state index contributed by atoms with van der Waals surface area (Å²) < 4.78 is 49.1. The van der Waals surface area contributed by atoms with E-state index in [1.54, 1.807) is 9.80 Å². The molecule has 2 aromatic rings. The van der Waals surface area contributed by atoms with Gasteiger partial charge >= 0.3 is 6.18 Å². The van der Waals surface area contributed by atoms with Gasteiger partial charge in [-0.2, -0.15) is 13.2 Å². The molecule has 2 fully saturated rings. The summed E-state index contributed by atoms with van der Waals surface area (Å²) in [7, 11) is 1.97. The number of piperazine rings is 2. The van der Waals surface area contributed by atoms with E-state index in [0.717, 1.165) is 6.07 Å². The molecular weight excluding hydrogens is 563 g/mol. The number of nitrogens with zero attached hydrogens (tertiary/aromatic N) is 6. The number of amides is 2. The Hall–Kier alpha value is -3.58. The summed E-state index contributed by atoms with van der Waals surface area (Å²) >= 11 is 6.78. The molecule has 0 aromatic carbocycles. The summed E-state index contributed by atoms with van der Waals surface area (Å²) in [6.45, 7) is 9.22. The predicted octanol–water partition coefficient (Wildman–Crippen LogP) is 3.08. The smallest absolute Gasteiger partial charge is 0.418 e. The summed E-state index contributed by atoms with van der Waals surface area (Å²) in [5.41, 5.74) is 4.01. The molecule has 2 aromatic heterocycles. The quantitative estimate of drug-likeness (QED) is 0.541. The van der Waals surface area contributed by atoms with Crippen LogP contribution in [0.4, 0.5) is 24.8 Å². The van der Waals surface area contributed by atoms with Crippen LogP contribution in [-0.2, 0) is 11.0 Å². The second-order valence-electron chi connectivity index (χ2n) is 10.6. The molecule has 2 amide bonds. The van der Waals surface area contributed by atoms with E-state index in [0.29, 0.717) is 26.2 Å². The molecule has 0 radical (unpaired) electrons. The fourth-order valence-electron chi connectivity index (χ4n) is 5.82. The van der Waals surface area contributed by atoms with Crippen molar-refractivity contribution < 1.29 is 27.5 Å². The second kappa shape index (κ2) is 10.7. The highest BCUT2D eigenvalue weighted by Gasteiger charge is 2.43.